The SMILES string of the molecule is CCC1CCC(O)(CNC(=O)C2CCC(CN)O2)CC1. The Hall–Kier alpha value is -0.650. The van der Waals surface area contributed by atoms with Crippen molar-refractivity contribution in [2.45, 2.75) is 69.7 Å². The van der Waals surface area contributed by atoms with Crippen molar-refractivity contribution in [1.82, 2.24) is 5.32 Å². The molecule has 1 heterocycles. The molecule has 2 fully saturated rings. The van der Waals surface area contributed by atoms with E-state index in [-0.39, 0.29) is 18.1 Å². The number of nitrogens with two attached hydrogens (primary N) is 1. The topological polar surface area (TPSA) is 84.6 Å². The molecule has 1 amide bonds. The summed E-state index contributed by atoms with van der Waals surface area (Å²) >= 11 is 0. The van der Waals surface area contributed by atoms with Gasteiger partial charge in [-0.3, -0.25) is 4.79 Å². The highest BCUT2D eigenvalue weighted by atomic mass is 16.5. The van der Waals surface area contributed by atoms with Gasteiger partial charge in [0, 0.05) is 13.1 Å². The highest BCUT2D eigenvalue weighted by molar-refractivity contribution is 5.81. The number of aliphatic hydroxyl groups is 1. The van der Waals surface area contributed by atoms with E-state index in [9.17, 15) is 9.90 Å². The Morgan fingerprint density at radius 3 is 2.60 bits per heavy atom. The standard InChI is InChI=1S/C15H28N2O3/c1-2-11-5-7-15(19,8-6-11)10-17-14(18)13-4-3-12(9-16)20-13/h11-13,19H,2-10,16H2,1H3,(H,17,18). The second-order valence-electron chi connectivity index (χ2n) is 6.35. The maximum absolute atomic E-state index is 12.0. The molecule has 2 atom stereocenters. The van der Waals surface area contributed by atoms with Crippen molar-refractivity contribution in [2.24, 2.45) is 11.7 Å². The lowest BCUT2D eigenvalue weighted by Crippen LogP contribution is -2.47. The van der Waals surface area contributed by atoms with Crippen LogP contribution >= 0.6 is 0 Å². The minimum atomic E-state index is -0.729. The van der Waals surface area contributed by atoms with Gasteiger partial charge in [-0.1, -0.05) is 13.3 Å². The summed E-state index contributed by atoms with van der Waals surface area (Å²) in [5.41, 5.74) is 4.81. The van der Waals surface area contributed by atoms with Crippen molar-refractivity contribution in [3.63, 3.8) is 0 Å². The first-order valence-electron chi connectivity index (χ1n) is 7.92. The van der Waals surface area contributed by atoms with E-state index >= 15 is 0 Å². The van der Waals surface area contributed by atoms with Gasteiger partial charge in [0.2, 0.25) is 5.91 Å². The quantitative estimate of drug-likeness (QED) is 0.701. The minimum absolute atomic E-state index is 0.00818. The molecule has 0 bridgehead atoms. The van der Waals surface area contributed by atoms with Gasteiger partial charge in [-0.05, 0) is 44.4 Å². The van der Waals surface area contributed by atoms with Crippen molar-refractivity contribution < 1.29 is 14.6 Å². The number of hydrogen-bond acceptors (Lipinski definition) is 4. The van der Waals surface area contributed by atoms with E-state index in [2.05, 4.69) is 12.2 Å². The lowest BCUT2D eigenvalue weighted by Gasteiger charge is -2.36. The fourth-order valence-corrected chi connectivity index (χ4v) is 3.24. The lowest BCUT2D eigenvalue weighted by atomic mass is 9.78. The number of ether oxygens (including phenoxy) is 1. The third-order valence-electron chi connectivity index (χ3n) is 4.87. The average molecular weight is 284 g/mol. The molecule has 1 saturated heterocycles. The first kappa shape index (κ1) is 15.7. The number of hydrogen-bond donors (Lipinski definition) is 3. The maximum Gasteiger partial charge on any atom is 0.249 e. The van der Waals surface area contributed by atoms with E-state index in [1.54, 1.807) is 0 Å². The fraction of sp³-hybridized carbons (Fsp3) is 0.933. The zero-order valence-corrected chi connectivity index (χ0v) is 12.4. The average Bonchev–Trinajstić information content (AvgIpc) is 2.95. The summed E-state index contributed by atoms with van der Waals surface area (Å²) in [6.45, 7) is 3.00. The molecule has 2 rings (SSSR count). The first-order chi connectivity index (χ1) is 9.56. The normalized spacial score (nSPS) is 37.9. The smallest absolute Gasteiger partial charge is 0.249 e. The van der Waals surface area contributed by atoms with Crippen LogP contribution in [-0.2, 0) is 9.53 Å². The second-order valence-corrected chi connectivity index (χ2v) is 6.35. The van der Waals surface area contributed by atoms with Gasteiger partial charge in [0.25, 0.3) is 0 Å². The van der Waals surface area contributed by atoms with E-state index in [4.69, 9.17) is 10.5 Å². The van der Waals surface area contributed by atoms with Crippen LogP contribution in [0.1, 0.15) is 51.9 Å². The number of carbonyl (C=O) groups excluding carboxylic acids is 1. The van der Waals surface area contributed by atoms with Gasteiger partial charge in [0.1, 0.15) is 6.10 Å². The molecule has 0 aromatic heterocycles. The summed E-state index contributed by atoms with van der Waals surface area (Å²) in [7, 11) is 0. The predicted molar refractivity (Wildman–Crippen MR) is 77.2 cm³/mol. The van der Waals surface area contributed by atoms with E-state index in [1.165, 1.54) is 6.42 Å². The second kappa shape index (κ2) is 6.87. The molecule has 0 aromatic carbocycles. The Balaban J connectivity index is 1.73. The van der Waals surface area contributed by atoms with E-state index < -0.39 is 5.60 Å². The molecule has 2 aliphatic rings. The molecule has 2 unspecified atom stereocenters. The van der Waals surface area contributed by atoms with Crippen molar-refractivity contribution >= 4 is 5.91 Å². The van der Waals surface area contributed by atoms with Gasteiger partial charge in [-0.25, -0.2) is 0 Å². The highest BCUT2D eigenvalue weighted by Crippen LogP contribution is 2.33. The molecule has 4 N–H and O–H groups in total. The van der Waals surface area contributed by atoms with Gasteiger partial charge < -0.3 is 20.9 Å². The zero-order chi connectivity index (χ0) is 14.6. The van der Waals surface area contributed by atoms with Gasteiger partial charge in [0.05, 0.1) is 11.7 Å². The third kappa shape index (κ3) is 3.93. The Morgan fingerprint density at radius 2 is 2.05 bits per heavy atom. The molecule has 5 nitrogen and oxygen atoms in total. The largest absolute Gasteiger partial charge is 0.388 e. The third-order valence-corrected chi connectivity index (χ3v) is 4.87. The van der Waals surface area contributed by atoms with Crippen LogP contribution in [-0.4, -0.2) is 41.9 Å². The van der Waals surface area contributed by atoms with Gasteiger partial charge in [-0.15, -0.1) is 0 Å². The Morgan fingerprint density at radius 1 is 1.35 bits per heavy atom. The Bertz CT molecular complexity index is 327. The van der Waals surface area contributed by atoms with Crippen molar-refractivity contribution in [3.8, 4) is 0 Å². The van der Waals surface area contributed by atoms with Crippen LogP contribution in [0, 0.1) is 5.92 Å². The summed E-state index contributed by atoms with van der Waals surface area (Å²) in [6.07, 6.45) is 6.04. The maximum atomic E-state index is 12.0. The summed E-state index contributed by atoms with van der Waals surface area (Å²) in [5.74, 6) is 0.626. The molecule has 116 valence electrons. The summed E-state index contributed by atoms with van der Waals surface area (Å²) in [5, 5.41) is 13.4. The Kier molecular flexibility index (Phi) is 5.41. The lowest BCUT2D eigenvalue weighted by molar-refractivity contribution is -0.133. The molecular formula is C15H28N2O3. The molecule has 0 aromatic rings. The number of carbonyl (C=O) groups is 1. The number of nitrogens with one attached hydrogen (secondary N) is 1. The van der Waals surface area contributed by atoms with Gasteiger partial charge >= 0.3 is 0 Å². The Labute approximate surface area is 121 Å². The highest BCUT2D eigenvalue weighted by Gasteiger charge is 2.35. The van der Waals surface area contributed by atoms with Crippen LogP contribution in [0.25, 0.3) is 0 Å². The van der Waals surface area contributed by atoms with Crippen LogP contribution in [0.3, 0.4) is 0 Å². The molecule has 1 saturated carbocycles. The van der Waals surface area contributed by atoms with Crippen molar-refractivity contribution in [2.75, 3.05) is 13.1 Å². The van der Waals surface area contributed by atoms with E-state index in [0.717, 1.165) is 44.4 Å². The molecule has 1 aliphatic heterocycles. The minimum Gasteiger partial charge on any atom is -0.388 e. The molecule has 0 spiro atoms. The van der Waals surface area contributed by atoms with Crippen LogP contribution < -0.4 is 11.1 Å². The molecular weight excluding hydrogens is 256 g/mol. The van der Waals surface area contributed by atoms with Crippen molar-refractivity contribution in [3.05, 3.63) is 0 Å². The molecule has 5 heteroatoms. The number of amides is 1. The monoisotopic (exact) mass is 284 g/mol. The molecule has 1 aliphatic carbocycles. The van der Waals surface area contributed by atoms with Crippen LogP contribution in [0.2, 0.25) is 0 Å². The molecule has 20 heavy (non-hydrogen) atoms. The van der Waals surface area contributed by atoms with Crippen LogP contribution in [0.4, 0.5) is 0 Å². The number of rotatable bonds is 5. The summed E-state index contributed by atoms with van der Waals surface area (Å²) in [4.78, 5) is 12.0. The first-order valence-corrected chi connectivity index (χ1v) is 7.92. The summed E-state index contributed by atoms with van der Waals surface area (Å²) in [6, 6.07) is 0. The van der Waals surface area contributed by atoms with Crippen LogP contribution in [0.5, 0.6) is 0 Å². The van der Waals surface area contributed by atoms with E-state index in [1.807, 2.05) is 0 Å². The van der Waals surface area contributed by atoms with Crippen molar-refractivity contribution in [1.29, 1.82) is 0 Å². The van der Waals surface area contributed by atoms with Gasteiger partial charge in [0.15, 0.2) is 0 Å². The zero-order valence-electron chi connectivity index (χ0n) is 12.4. The molecule has 0 radical (unpaired) electrons. The van der Waals surface area contributed by atoms with Gasteiger partial charge in [-0.2, -0.15) is 0 Å². The summed E-state index contributed by atoms with van der Waals surface area (Å²) < 4.78 is 5.56. The predicted octanol–water partition coefficient (Wildman–Crippen LogP) is 0.940. The fourth-order valence-electron chi connectivity index (χ4n) is 3.24. The van der Waals surface area contributed by atoms with Crippen LogP contribution in [0.15, 0.2) is 0 Å². The van der Waals surface area contributed by atoms with E-state index in [0.29, 0.717) is 13.1 Å².